The molecule has 3 fully saturated rings. The molecular formula is C25H34N4O3. The summed E-state index contributed by atoms with van der Waals surface area (Å²) in [6.07, 6.45) is 7.70. The molecule has 4 aliphatic heterocycles. The minimum absolute atomic E-state index is 0.0298. The highest BCUT2D eigenvalue weighted by Gasteiger charge is 2.46. The molecule has 7 heteroatoms. The average molecular weight is 439 g/mol. The highest BCUT2D eigenvalue weighted by atomic mass is 16.2. The minimum Gasteiger partial charge on any atom is -0.356 e. The Bertz CT molecular complexity index is 843. The number of nitrogens with one attached hydrogen (secondary N) is 1. The van der Waals surface area contributed by atoms with E-state index in [0.717, 1.165) is 17.7 Å². The number of rotatable bonds is 6. The largest absolute Gasteiger partial charge is 0.356 e. The van der Waals surface area contributed by atoms with Gasteiger partial charge in [0.15, 0.2) is 0 Å². The van der Waals surface area contributed by atoms with Crippen LogP contribution in [0.1, 0.15) is 56.1 Å². The van der Waals surface area contributed by atoms with Crippen molar-refractivity contribution in [2.24, 2.45) is 5.92 Å². The summed E-state index contributed by atoms with van der Waals surface area (Å²) in [5, 5.41) is 3.13. The van der Waals surface area contributed by atoms with Crippen molar-refractivity contribution in [1.82, 2.24) is 20.0 Å². The number of amides is 4. The number of urea groups is 1. The molecule has 0 aliphatic carbocycles. The first-order valence-corrected chi connectivity index (χ1v) is 12.3. The van der Waals surface area contributed by atoms with Crippen LogP contribution in [0.4, 0.5) is 4.79 Å². The van der Waals surface area contributed by atoms with Gasteiger partial charge >= 0.3 is 6.03 Å². The number of hydrogen-bond donors (Lipinski definition) is 1. The van der Waals surface area contributed by atoms with Gasteiger partial charge in [-0.05, 0) is 62.2 Å². The van der Waals surface area contributed by atoms with Gasteiger partial charge in [-0.3, -0.25) is 14.5 Å². The third-order valence-corrected chi connectivity index (χ3v) is 7.85. The van der Waals surface area contributed by atoms with Crippen LogP contribution in [0.15, 0.2) is 24.3 Å². The van der Waals surface area contributed by atoms with Crippen LogP contribution in [0, 0.1) is 5.92 Å². The van der Waals surface area contributed by atoms with E-state index in [4.69, 9.17) is 0 Å². The molecule has 4 heterocycles. The average Bonchev–Trinajstić information content (AvgIpc) is 3.05. The van der Waals surface area contributed by atoms with E-state index >= 15 is 0 Å². The quantitative estimate of drug-likeness (QED) is 0.693. The van der Waals surface area contributed by atoms with Crippen LogP contribution in [-0.4, -0.2) is 70.8 Å². The Morgan fingerprint density at radius 3 is 2.72 bits per heavy atom. The maximum atomic E-state index is 12.9. The summed E-state index contributed by atoms with van der Waals surface area (Å²) in [5.74, 6) is 0.457. The smallest absolute Gasteiger partial charge is 0.327 e. The van der Waals surface area contributed by atoms with Gasteiger partial charge in [-0.15, -0.1) is 0 Å². The van der Waals surface area contributed by atoms with Crippen molar-refractivity contribution in [3.05, 3.63) is 35.4 Å². The molecule has 4 aliphatic rings. The molecule has 7 nitrogen and oxygen atoms in total. The fourth-order valence-corrected chi connectivity index (χ4v) is 6.13. The summed E-state index contributed by atoms with van der Waals surface area (Å²) in [5.41, 5.74) is 2.26. The fourth-order valence-electron chi connectivity index (χ4n) is 6.13. The van der Waals surface area contributed by atoms with Crippen molar-refractivity contribution in [1.29, 1.82) is 0 Å². The van der Waals surface area contributed by atoms with Crippen LogP contribution in [-0.2, 0) is 22.6 Å². The third-order valence-electron chi connectivity index (χ3n) is 7.85. The molecule has 0 spiro atoms. The molecule has 0 radical (unpaired) electrons. The molecule has 0 saturated carbocycles. The number of carbonyl (C=O) groups excluding carboxylic acids is 3. The van der Waals surface area contributed by atoms with Crippen LogP contribution in [0.5, 0.6) is 0 Å². The number of benzene rings is 1. The topological polar surface area (TPSA) is 73.0 Å². The minimum atomic E-state index is -0.393. The van der Waals surface area contributed by atoms with E-state index in [1.807, 2.05) is 24.3 Å². The summed E-state index contributed by atoms with van der Waals surface area (Å²) < 4.78 is 0. The van der Waals surface area contributed by atoms with Crippen molar-refractivity contribution in [2.75, 3.05) is 26.2 Å². The van der Waals surface area contributed by atoms with Gasteiger partial charge in [0.05, 0.1) is 0 Å². The van der Waals surface area contributed by atoms with Gasteiger partial charge in [0.2, 0.25) is 5.91 Å². The molecule has 0 bridgehead atoms. The van der Waals surface area contributed by atoms with E-state index in [2.05, 4.69) is 10.2 Å². The lowest BCUT2D eigenvalue weighted by Crippen LogP contribution is -2.51. The molecule has 0 aromatic heterocycles. The van der Waals surface area contributed by atoms with Crippen LogP contribution < -0.4 is 5.32 Å². The highest BCUT2D eigenvalue weighted by Crippen LogP contribution is 2.31. The lowest BCUT2D eigenvalue weighted by Gasteiger charge is -2.44. The van der Waals surface area contributed by atoms with E-state index in [9.17, 15) is 14.4 Å². The second-order valence-electron chi connectivity index (χ2n) is 9.80. The maximum Gasteiger partial charge on any atom is 0.327 e. The molecule has 3 unspecified atom stereocenters. The first kappa shape index (κ1) is 21.4. The molecule has 1 N–H and O–H groups in total. The standard InChI is InChI=1S/C25H34N4O3/c30-23(26-16-19-9-5-13-27-12-4-3-10-21(19)27)11-6-14-28-24(31)22-15-18-7-1-2-8-20(18)17-29(22)25(28)32/h1-2,7-8,19,21-22H,3-6,9-17H2,(H,26,30). The molecule has 3 atom stereocenters. The summed E-state index contributed by atoms with van der Waals surface area (Å²) in [6, 6.07) is 8.03. The Labute approximate surface area is 190 Å². The van der Waals surface area contributed by atoms with E-state index in [1.165, 1.54) is 50.1 Å². The predicted molar refractivity (Wildman–Crippen MR) is 121 cm³/mol. The van der Waals surface area contributed by atoms with Gasteiger partial charge < -0.3 is 15.1 Å². The molecule has 4 amide bonds. The van der Waals surface area contributed by atoms with Crippen molar-refractivity contribution >= 4 is 17.8 Å². The van der Waals surface area contributed by atoms with E-state index in [1.54, 1.807) is 4.90 Å². The normalized spacial score (nSPS) is 27.7. The number of nitrogens with zero attached hydrogens (tertiary/aromatic N) is 3. The molecular weight excluding hydrogens is 404 g/mol. The number of hydrogen-bond acceptors (Lipinski definition) is 4. The zero-order valence-corrected chi connectivity index (χ0v) is 18.8. The van der Waals surface area contributed by atoms with Crippen molar-refractivity contribution in [2.45, 2.75) is 70.0 Å². The van der Waals surface area contributed by atoms with Crippen LogP contribution in [0.25, 0.3) is 0 Å². The highest BCUT2D eigenvalue weighted by molar-refractivity contribution is 6.04. The van der Waals surface area contributed by atoms with Crippen molar-refractivity contribution in [3.63, 3.8) is 0 Å². The Morgan fingerprint density at radius 1 is 1.03 bits per heavy atom. The summed E-state index contributed by atoms with van der Waals surface area (Å²) >= 11 is 0. The zero-order valence-electron chi connectivity index (χ0n) is 18.8. The Hall–Kier alpha value is -2.41. The summed E-state index contributed by atoms with van der Waals surface area (Å²) in [6.45, 7) is 3.96. The zero-order chi connectivity index (χ0) is 22.1. The van der Waals surface area contributed by atoms with E-state index in [0.29, 0.717) is 44.3 Å². The van der Waals surface area contributed by atoms with Crippen LogP contribution in [0.3, 0.4) is 0 Å². The monoisotopic (exact) mass is 438 g/mol. The second-order valence-corrected chi connectivity index (χ2v) is 9.80. The first-order valence-electron chi connectivity index (χ1n) is 12.3. The molecule has 32 heavy (non-hydrogen) atoms. The number of imide groups is 1. The fraction of sp³-hybridized carbons (Fsp3) is 0.640. The molecule has 1 aromatic carbocycles. The lowest BCUT2D eigenvalue weighted by molar-refractivity contribution is -0.129. The first-order chi connectivity index (χ1) is 15.6. The van der Waals surface area contributed by atoms with Gasteiger partial charge in [0.1, 0.15) is 6.04 Å². The molecule has 5 rings (SSSR count). The molecule has 1 aromatic rings. The molecule has 172 valence electrons. The summed E-state index contributed by atoms with van der Waals surface area (Å²) in [7, 11) is 0. The van der Waals surface area contributed by atoms with Crippen molar-refractivity contribution < 1.29 is 14.4 Å². The van der Waals surface area contributed by atoms with Crippen LogP contribution in [0.2, 0.25) is 0 Å². The Balaban J connectivity index is 1.08. The van der Waals surface area contributed by atoms with Crippen molar-refractivity contribution in [3.8, 4) is 0 Å². The predicted octanol–water partition coefficient (Wildman–Crippen LogP) is 2.54. The summed E-state index contributed by atoms with van der Waals surface area (Å²) in [4.78, 5) is 43.8. The van der Waals surface area contributed by atoms with Gasteiger partial charge in [-0.25, -0.2) is 4.79 Å². The maximum absolute atomic E-state index is 12.9. The number of carbonyl (C=O) groups is 3. The van der Waals surface area contributed by atoms with Gasteiger partial charge in [-0.2, -0.15) is 0 Å². The Kier molecular flexibility index (Phi) is 6.17. The number of fused-ring (bicyclic) bond motifs is 3. The SMILES string of the molecule is O=C(CCCN1C(=O)C2Cc3ccccc3CN2C1=O)NCC1CCCN2CCCCC12. The van der Waals surface area contributed by atoms with Crippen LogP contribution >= 0.6 is 0 Å². The van der Waals surface area contributed by atoms with Gasteiger partial charge in [0, 0.05) is 38.5 Å². The molecule has 3 saturated heterocycles. The second kappa shape index (κ2) is 9.22. The van der Waals surface area contributed by atoms with E-state index < -0.39 is 6.04 Å². The van der Waals surface area contributed by atoms with Gasteiger partial charge in [-0.1, -0.05) is 30.7 Å². The van der Waals surface area contributed by atoms with E-state index in [-0.39, 0.29) is 17.8 Å². The Morgan fingerprint density at radius 2 is 1.84 bits per heavy atom. The van der Waals surface area contributed by atoms with Gasteiger partial charge in [0.25, 0.3) is 5.91 Å². The third kappa shape index (κ3) is 4.15. The number of piperidine rings is 2. The lowest BCUT2D eigenvalue weighted by atomic mass is 9.83.